The van der Waals surface area contributed by atoms with Crippen molar-refractivity contribution < 1.29 is 17.1 Å². The van der Waals surface area contributed by atoms with Crippen LogP contribution in [0, 0.1) is 0 Å². The predicted molar refractivity (Wildman–Crippen MR) is 19.3 cm³/mol. The molecule has 0 saturated heterocycles. The average Bonchev–Trinajstić information content (AvgIpc) is 0.811. The molecule has 5 heavy (non-hydrogen) atoms. The third-order valence-electron chi connectivity index (χ3n) is 0. The van der Waals surface area contributed by atoms with Crippen LogP contribution in [0.5, 0.6) is 0 Å². The summed E-state index contributed by atoms with van der Waals surface area (Å²) in [6, 6.07) is 0.333. The average molecular weight is 115 g/mol. The molecule has 2 N–H and O–H groups in total. The van der Waals surface area contributed by atoms with Crippen molar-refractivity contribution >= 4 is 0 Å². The van der Waals surface area contributed by atoms with Gasteiger partial charge in [0.25, 0.3) is 0 Å². The van der Waals surface area contributed by atoms with E-state index in [9.17, 15) is 0 Å². The first-order valence-electron chi connectivity index (χ1n) is 1.49. The Kier molecular flexibility index (Phi) is 8.14. The van der Waals surface area contributed by atoms with Gasteiger partial charge >= 0.3 is 0 Å². The molecule has 0 aromatic carbocycles. The van der Waals surface area contributed by atoms with E-state index in [1.54, 1.807) is 0 Å². The van der Waals surface area contributed by atoms with Crippen LogP contribution in [0.15, 0.2) is 0 Å². The van der Waals surface area contributed by atoms with Crippen molar-refractivity contribution in [3.05, 3.63) is 0 Å². The molecule has 0 aromatic rings. The van der Waals surface area contributed by atoms with Gasteiger partial charge in [-0.05, 0) is 6.04 Å². The van der Waals surface area contributed by atoms with Crippen molar-refractivity contribution in [1.29, 1.82) is 0 Å². The van der Waals surface area contributed by atoms with Gasteiger partial charge in [-0.1, -0.05) is 13.8 Å². The summed E-state index contributed by atoms with van der Waals surface area (Å²) in [6.07, 6.45) is 0. The van der Waals surface area contributed by atoms with E-state index in [2.05, 4.69) is 0 Å². The van der Waals surface area contributed by atoms with Crippen LogP contribution in [0.3, 0.4) is 0 Å². The summed E-state index contributed by atoms with van der Waals surface area (Å²) in [5, 5.41) is 0. The van der Waals surface area contributed by atoms with Crippen LogP contribution in [0.25, 0.3) is 0 Å². The van der Waals surface area contributed by atoms with Crippen molar-refractivity contribution in [3.8, 4) is 0 Å². The molecule has 2 heteroatoms. The summed E-state index contributed by atoms with van der Waals surface area (Å²) in [5.74, 6) is 0. The zero-order valence-corrected chi connectivity index (χ0v) is 4.61. The molecule has 1 nitrogen and oxygen atoms in total. The summed E-state index contributed by atoms with van der Waals surface area (Å²) in [6.45, 7) is 3.89. The molecular weight excluding hydrogens is 106 g/mol. The number of rotatable bonds is 0. The molecule has 0 bridgehead atoms. The van der Waals surface area contributed by atoms with Crippen LogP contribution in [0.4, 0.5) is 0 Å². The molecule has 0 fully saturated rings. The van der Waals surface area contributed by atoms with E-state index in [4.69, 9.17) is 5.73 Å². The van der Waals surface area contributed by atoms with Gasteiger partial charge in [0.05, 0.1) is 0 Å². The van der Waals surface area contributed by atoms with Gasteiger partial charge in [-0.15, -0.1) is 0 Å². The number of hydrogen-bond acceptors (Lipinski definition) is 1. The maximum absolute atomic E-state index is 5.11. The summed E-state index contributed by atoms with van der Waals surface area (Å²) in [4.78, 5) is 0. The van der Waals surface area contributed by atoms with Crippen LogP contribution in [-0.2, 0) is 17.1 Å². The van der Waals surface area contributed by atoms with E-state index in [1.807, 2.05) is 13.8 Å². The van der Waals surface area contributed by atoms with Crippen LogP contribution in [-0.4, -0.2) is 6.04 Å². The van der Waals surface area contributed by atoms with Crippen molar-refractivity contribution in [2.24, 2.45) is 5.73 Å². The zero-order chi connectivity index (χ0) is 3.58. The van der Waals surface area contributed by atoms with Crippen LogP contribution in [0.1, 0.15) is 13.8 Å². The third kappa shape index (κ3) is 120. The quantitative estimate of drug-likeness (QED) is 0.453. The standard InChI is InChI=1S/C3H9N.Fe/c1-3(2)4;/h3H,4H2,1-2H3;. The SMILES string of the molecule is CC(C)N.[Fe]. The Balaban J connectivity index is 0. The fourth-order valence-electron chi connectivity index (χ4n) is 0. The fourth-order valence-corrected chi connectivity index (χ4v) is 0. The molecule has 0 rings (SSSR count). The van der Waals surface area contributed by atoms with Crippen molar-refractivity contribution in [2.45, 2.75) is 19.9 Å². The minimum Gasteiger partial charge on any atom is -0.328 e. The summed E-state index contributed by atoms with van der Waals surface area (Å²) in [7, 11) is 0. The smallest absolute Gasteiger partial charge is 0 e. The Hall–Kier alpha value is 0.479. The first-order valence-corrected chi connectivity index (χ1v) is 1.49. The fraction of sp³-hybridized carbons (Fsp3) is 1.00. The van der Waals surface area contributed by atoms with E-state index in [0.717, 1.165) is 0 Å². The van der Waals surface area contributed by atoms with Gasteiger partial charge in [0.2, 0.25) is 0 Å². The Morgan fingerprint density at radius 1 is 1.40 bits per heavy atom. The van der Waals surface area contributed by atoms with Crippen LogP contribution in [0.2, 0.25) is 0 Å². The van der Waals surface area contributed by atoms with E-state index < -0.39 is 0 Å². The molecule has 0 radical (unpaired) electrons. The van der Waals surface area contributed by atoms with Crippen molar-refractivity contribution in [1.82, 2.24) is 0 Å². The van der Waals surface area contributed by atoms with Crippen molar-refractivity contribution in [2.75, 3.05) is 0 Å². The van der Waals surface area contributed by atoms with Gasteiger partial charge in [-0.25, -0.2) is 0 Å². The van der Waals surface area contributed by atoms with Gasteiger partial charge in [0.15, 0.2) is 0 Å². The second kappa shape index (κ2) is 4.48. The molecule has 0 heterocycles. The molecule has 0 aromatic heterocycles. The molecule has 0 unspecified atom stereocenters. The van der Waals surface area contributed by atoms with Crippen LogP contribution >= 0.6 is 0 Å². The van der Waals surface area contributed by atoms with E-state index in [1.165, 1.54) is 0 Å². The minimum atomic E-state index is 0. The van der Waals surface area contributed by atoms with Gasteiger partial charge in [0, 0.05) is 17.1 Å². The first-order chi connectivity index (χ1) is 1.73. The third-order valence-corrected chi connectivity index (χ3v) is 0. The van der Waals surface area contributed by atoms with Crippen molar-refractivity contribution in [3.63, 3.8) is 0 Å². The molecule has 0 atom stereocenters. The topological polar surface area (TPSA) is 26.0 Å². The Morgan fingerprint density at radius 3 is 1.40 bits per heavy atom. The number of hydrogen-bond donors (Lipinski definition) is 1. The maximum atomic E-state index is 5.11. The Bertz CT molecular complexity index is 11.6. The predicted octanol–water partition coefficient (Wildman–Crippen LogP) is 0.351. The Labute approximate surface area is 43.4 Å². The van der Waals surface area contributed by atoms with Gasteiger partial charge in [-0.2, -0.15) is 0 Å². The maximum Gasteiger partial charge on any atom is 0 e. The van der Waals surface area contributed by atoms with Gasteiger partial charge < -0.3 is 5.73 Å². The normalized spacial score (nSPS) is 7.20. The summed E-state index contributed by atoms with van der Waals surface area (Å²) >= 11 is 0. The van der Waals surface area contributed by atoms with E-state index in [0.29, 0.717) is 6.04 Å². The van der Waals surface area contributed by atoms with E-state index in [-0.39, 0.29) is 17.1 Å². The van der Waals surface area contributed by atoms with Gasteiger partial charge in [-0.3, -0.25) is 0 Å². The molecular formula is C3H9FeN. The molecule has 0 aliphatic carbocycles. The summed E-state index contributed by atoms with van der Waals surface area (Å²) in [5.41, 5.74) is 5.11. The molecule has 0 spiro atoms. The molecule has 0 saturated carbocycles. The van der Waals surface area contributed by atoms with E-state index >= 15 is 0 Å². The monoisotopic (exact) mass is 115 g/mol. The second-order valence-corrected chi connectivity index (χ2v) is 1.24. The zero-order valence-electron chi connectivity index (χ0n) is 3.51. The molecule has 0 aliphatic rings. The molecule has 0 aliphatic heterocycles. The summed E-state index contributed by atoms with van der Waals surface area (Å²) < 4.78 is 0. The van der Waals surface area contributed by atoms with Gasteiger partial charge in [0.1, 0.15) is 0 Å². The second-order valence-electron chi connectivity index (χ2n) is 1.24. The number of nitrogens with two attached hydrogens (primary N) is 1. The Morgan fingerprint density at radius 2 is 1.40 bits per heavy atom. The largest absolute Gasteiger partial charge is 0.328 e. The molecule has 0 amide bonds. The first kappa shape index (κ1) is 9.08. The molecule has 34 valence electrons. The van der Waals surface area contributed by atoms with Crippen LogP contribution < -0.4 is 5.73 Å². The minimum absolute atomic E-state index is 0.